The van der Waals surface area contributed by atoms with Crippen molar-refractivity contribution in [3.63, 3.8) is 0 Å². The van der Waals surface area contributed by atoms with Gasteiger partial charge in [-0.2, -0.15) is 0 Å². The topological polar surface area (TPSA) is 0 Å². The Bertz CT molecular complexity index is 1500. The molecule has 0 heterocycles. The average Bonchev–Trinajstić information content (AvgIpc) is 3.34. The fourth-order valence-corrected chi connectivity index (χ4v) is 6.34. The normalized spacial score (nSPS) is 13.3. The summed E-state index contributed by atoms with van der Waals surface area (Å²) >= 11 is 0. The van der Waals surface area contributed by atoms with Crippen LogP contribution in [0.5, 0.6) is 0 Å². The molecule has 0 rings (SSSR count). The predicted molar refractivity (Wildman–Crippen MR) is 328 cm³/mol. The van der Waals surface area contributed by atoms with E-state index in [1.807, 2.05) is 0 Å². The molecule has 0 saturated carbocycles. The second-order valence-electron chi connectivity index (χ2n) is 19.2. The van der Waals surface area contributed by atoms with Crippen molar-refractivity contribution in [2.24, 2.45) is 17.8 Å². The highest BCUT2D eigenvalue weighted by Crippen LogP contribution is 2.08. The van der Waals surface area contributed by atoms with Crippen molar-refractivity contribution in [3.05, 3.63) is 194 Å². The van der Waals surface area contributed by atoms with E-state index in [0.717, 1.165) is 114 Å². The standard InChI is InChI=1S/C24H40.C24H38.C22H36/c2*1-4-5-6-7-8-9-10-11-12-13-14-15-16-17-18-19-20-21-22-23-24(2)3;1-4-5-6-7-8-9-10-11-12-13-14-15-16-17-18-19-20-21-22(2)3/h8-9,11-12,14-15,17-18,20-21,24H,4-7,10,13,16,19,22-23H2,1-3H3;5-6,8-9,11-12,14-15,17-18,20-21,24H,4,7,10,13,16,19,22-23H2,1-3H3;5-6,8-9,11-12,14-15,17-18,22H,4,7,10,13,16,19-21H2,1-3H3/b9-8-,12-11-,15-14-,18-17-,21-20-;6-5-,9-8-,12-11-,15-14-,18-17-,21-20-;6-5-,9-8-,12-11-,15-14-,18-17-. The van der Waals surface area contributed by atoms with Crippen LogP contribution in [-0.2, 0) is 0 Å². The zero-order valence-electron chi connectivity index (χ0n) is 47.6. The number of unbranched alkanes of at least 4 members (excludes halogenated alkanes) is 4. The van der Waals surface area contributed by atoms with Crippen LogP contribution in [0.15, 0.2) is 194 Å². The van der Waals surface area contributed by atoms with E-state index in [9.17, 15) is 0 Å². The molecule has 0 aromatic carbocycles. The molecule has 0 aromatic heterocycles. The van der Waals surface area contributed by atoms with Crippen LogP contribution in [0.2, 0.25) is 0 Å². The fourth-order valence-electron chi connectivity index (χ4n) is 6.34. The van der Waals surface area contributed by atoms with Gasteiger partial charge in [0.2, 0.25) is 0 Å². The lowest BCUT2D eigenvalue weighted by Gasteiger charge is -2.00. The Balaban J connectivity index is -0.000000963. The summed E-state index contributed by atoms with van der Waals surface area (Å²) in [5, 5.41) is 0. The number of hydrogen-bond donors (Lipinski definition) is 0. The zero-order chi connectivity index (χ0) is 51.7. The molecule has 0 N–H and O–H groups in total. The first kappa shape index (κ1) is 70.1. The van der Waals surface area contributed by atoms with Gasteiger partial charge < -0.3 is 0 Å². The Labute approximate surface area is 439 Å². The first-order valence-corrected chi connectivity index (χ1v) is 28.7. The van der Waals surface area contributed by atoms with Crippen molar-refractivity contribution in [3.8, 4) is 0 Å². The van der Waals surface area contributed by atoms with E-state index in [1.54, 1.807) is 0 Å². The summed E-state index contributed by atoms with van der Waals surface area (Å²) in [5.41, 5.74) is 0. The molecular weight excluding hydrogens is 841 g/mol. The van der Waals surface area contributed by atoms with Crippen molar-refractivity contribution in [2.75, 3.05) is 0 Å². The molecule has 0 spiro atoms. The predicted octanol–water partition coefficient (Wildman–Crippen LogP) is 24.0. The molecule has 0 fully saturated rings. The van der Waals surface area contributed by atoms with Crippen LogP contribution < -0.4 is 0 Å². The molecule has 0 amide bonds. The van der Waals surface area contributed by atoms with E-state index in [1.165, 1.54) is 70.6 Å². The lowest BCUT2D eigenvalue weighted by atomic mass is 10.1. The number of allylic oxidation sites excluding steroid dienone is 32. The summed E-state index contributed by atoms with van der Waals surface area (Å²) in [4.78, 5) is 0. The molecule has 394 valence electrons. The van der Waals surface area contributed by atoms with E-state index in [4.69, 9.17) is 0 Å². The van der Waals surface area contributed by atoms with Crippen LogP contribution in [0.25, 0.3) is 0 Å². The van der Waals surface area contributed by atoms with E-state index < -0.39 is 0 Å². The first-order chi connectivity index (χ1) is 34.3. The van der Waals surface area contributed by atoms with Crippen molar-refractivity contribution < 1.29 is 0 Å². The molecule has 0 aromatic rings. The molecular formula is C70H114. The Morgan fingerprint density at radius 1 is 0.200 bits per heavy atom. The van der Waals surface area contributed by atoms with Crippen LogP contribution in [0.1, 0.15) is 229 Å². The smallest absolute Gasteiger partial charge is 0.0169 e. The minimum absolute atomic E-state index is 0.809. The molecule has 0 radical (unpaired) electrons. The third-order valence-corrected chi connectivity index (χ3v) is 10.6. The van der Waals surface area contributed by atoms with Crippen molar-refractivity contribution in [2.45, 2.75) is 229 Å². The maximum absolute atomic E-state index is 2.32. The van der Waals surface area contributed by atoms with Crippen LogP contribution in [0.4, 0.5) is 0 Å². The highest BCUT2D eigenvalue weighted by molar-refractivity contribution is 5.04. The highest BCUT2D eigenvalue weighted by Gasteiger charge is 1.91. The molecule has 0 bridgehead atoms. The third kappa shape index (κ3) is 78.0. The summed E-state index contributed by atoms with van der Waals surface area (Å²) in [6.45, 7) is 20.3. The van der Waals surface area contributed by atoms with Crippen LogP contribution in [0.3, 0.4) is 0 Å². The van der Waals surface area contributed by atoms with Crippen LogP contribution in [-0.4, -0.2) is 0 Å². The van der Waals surface area contributed by atoms with Gasteiger partial charge >= 0.3 is 0 Å². The molecule has 0 unspecified atom stereocenters. The van der Waals surface area contributed by atoms with Gasteiger partial charge in [-0.05, 0) is 165 Å². The van der Waals surface area contributed by atoms with E-state index in [2.05, 4.69) is 257 Å². The lowest BCUT2D eigenvalue weighted by molar-refractivity contribution is 0.559. The molecule has 70 heavy (non-hydrogen) atoms. The zero-order valence-corrected chi connectivity index (χ0v) is 47.6. The number of rotatable bonds is 42. The summed E-state index contributed by atoms with van der Waals surface area (Å²) in [5.74, 6) is 2.46. The Hall–Kier alpha value is -4.16. The molecule has 0 aliphatic rings. The van der Waals surface area contributed by atoms with Gasteiger partial charge in [-0.25, -0.2) is 0 Å². The molecule has 0 atom stereocenters. The quantitative estimate of drug-likeness (QED) is 0.0422. The Morgan fingerprint density at radius 3 is 0.614 bits per heavy atom. The fraction of sp³-hybridized carbons (Fsp3) is 0.543. The van der Waals surface area contributed by atoms with Gasteiger partial charge in [0.15, 0.2) is 0 Å². The third-order valence-electron chi connectivity index (χ3n) is 10.6. The van der Waals surface area contributed by atoms with Gasteiger partial charge in [-0.1, -0.05) is 276 Å². The minimum atomic E-state index is 0.809. The first-order valence-electron chi connectivity index (χ1n) is 28.7. The SMILES string of the molecule is CC/C=C\C/C=C\C/C=C\C/C=C\C/C=C\C/C=C\CCC(C)C.CC/C=C\C/C=C\C/C=C\C/C=C\C/C=C\CCCC(C)C.CCCCC/C=C\C/C=C\C/C=C\C/C=C\C/C=C\CCC(C)C. The van der Waals surface area contributed by atoms with Gasteiger partial charge in [0.1, 0.15) is 0 Å². The van der Waals surface area contributed by atoms with Crippen LogP contribution >= 0.6 is 0 Å². The summed E-state index contributed by atoms with van der Waals surface area (Å²) in [6.07, 6.45) is 102. The second kappa shape index (κ2) is 66.9. The van der Waals surface area contributed by atoms with Gasteiger partial charge in [0, 0.05) is 0 Å². The Morgan fingerprint density at radius 2 is 0.400 bits per heavy atom. The molecule has 0 aliphatic carbocycles. The van der Waals surface area contributed by atoms with E-state index in [-0.39, 0.29) is 0 Å². The van der Waals surface area contributed by atoms with Crippen molar-refractivity contribution >= 4 is 0 Å². The molecule has 0 aliphatic heterocycles. The molecule has 0 nitrogen and oxygen atoms in total. The molecule has 0 saturated heterocycles. The van der Waals surface area contributed by atoms with Crippen molar-refractivity contribution in [1.29, 1.82) is 0 Å². The van der Waals surface area contributed by atoms with Crippen LogP contribution in [0, 0.1) is 17.8 Å². The summed E-state index contributed by atoms with van der Waals surface area (Å²) in [6, 6.07) is 0. The van der Waals surface area contributed by atoms with Gasteiger partial charge in [-0.15, -0.1) is 0 Å². The van der Waals surface area contributed by atoms with Gasteiger partial charge in [0.25, 0.3) is 0 Å². The minimum Gasteiger partial charge on any atom is -0.0885 e. The monoisotopic (exact) mass is 955 g/mol. The second-order valence-corrected chi connectivity index (χ2v) is 19.2. The van der Waals surface area contributed by atoms with Gasteiger partial charge in [0.05, 0.1) is 0 Å². The largest absolute Gasteiger partial charge is 0.0885 e. The Kier molecular flexibility index (Phi) is 67.0. The number of hydrogen-bond acceptors (Lipinski definition) is 0. The van der Waals surface area contributed by atoms with Gasteiger partial charge in [-0.3, -0.25) is 0 Å². The summed E-state index contributed by atoms with van der Waals surface area (Å²) in [7, 11) is 0. The maximum atomic E-state index is 2.32. The average molecular weight is 956 g/mol. The highest BCUT2D eigenvalue weighted by atomic mass is 14.0. The summed E-state index contributed by atoms with van der Waals surface area (Å²) < 4.78 is 0. The maximum Gasteiger partial charge on any atom is -0.0169 e. The van der Waals surface area contributed by atoms with E-state index in [0.29, 0.717) is 0 Å². The van der Waals surface area contributed by atoms with Crippen molar-refractivity contribution in [1.82, 2.24) is 0 Å². The van der Waals surface area contributed by atoms with E-state index >= 15 is 0 Å². The lowest BCUT2D eigenvalue weighted by Crippen LogP contribution is -1.84. The molecule has 0 heteroatoms.